The summed E-state index contributed by atoms with van der Waals surface area (Å²) < 4.78 is 48.3. The summed E-state index contributed by atoms with van der Waals surface area (Å²) in [7, 11) is 0. The summed E-state index contributed by atoms with van der Waals surface area (Å²) in [5.74, 6) is 0.246. The average molecular weight is 515 g/mol. The van der Waals surface area contributed by atoms with Crippen LogP contribution in [0.25, 0.3) is 0 Å². The number of hydrogen-bond acceptors (Lipinski definition) is 11. The molecule has 2 atom stereocenters. The fourth-order valence-corrected chi connectivity index (χ4v) is 2.46. The van der Waals surface area contributed by atoms with E-state index in [0.29, 0.717) is 119 Å². The maximum absolute atomic E-state index is 9.79. The van der Waals surface area contributed by atoms with Crippen molar-refractivity contribution in [3.63, 3.8) is 0 Å². The Bertz CT molecular complexity index is 390. The molecule has 0 heterocycles. The summed E-state index contributed by atoms with van der Waals surface area (Å²) in [4.78, 5) is 0. The van der Waals surface area contributed by atoms with Crippen molar-refractivity contribution in [3.05, 3.63) is 0 Å². The standard InChI is InChI=1S/C24H50O11/c1-3-23(2)24(26)22-35-21-20-34-19-18-33-17-16-32-15-14-31-13-12-30-11-10-29-9-8-28-7-6-27-5-4-25/h23-26H,3-22H2,1-2H3. The zero-order valence-electron chi connectivity index (χ0n) is 21.9. The van der Waals surface area contributed by atoms with Gasteiger partial charge in [0, 0.05) is 0 Å². The smallest absolute Gasteiger partial charge is 0.0799 e. The van der Waals surface area contributed by atoms with Crippen LogP contribution in [0.3, 0.4) is 0 Å². The summed E-state index contributed by atoms with van der Waals surface area (Å²) in [6.45, 7) is 12.8. The maximum Gasteiger partial charge on any atom is 0.0799 e. The molecule has 0 aromatic carbocycles. The van der Waals surface area contributed by atoms with E-state index in [9.17, 15) is 5.11 Å². The number of rotatable bonds is 30. The Morgan fingerprint density at radius 3 is 0.971 bits per heavy atom. The number of aliphatic hydroxyl groups is 2. The second kappa shape index (κ2) is 29.8. The van der Waals surface area contributed by atoms with Gasteiger partial charge in [0.25, 0.3) is 0 Å². The third kappa shape index (κ3) is 28.0. The van der Waals surface area contributed by atoms with E-state index in [1.54, 1.807) is 0 Å². The van der Waals surface area contributed by atoms with E-state index in [2.05, 4.69) is 6.92 Å². The zero-order valence-corrected chi connectivity index (χ0v) is 21.9. The van der Waals surface area contributed by atoms with Crippen molar-refractivity contribution in [1.82, 2.24) is 0 Å². The molecule has 0 fully saturated rings. The topological polar surface area (TPSA) is 124 Å². The van der Waals surface area contributed by atoms with Gasteiger partial charge in [-0.2, -0.15) is 0 Å². The minimum absolute atomic E-state index is 0.0272. The summed E-state index contributed by atoms with van der Waals surface area (Å²) in [5.41, 5.74) is 0. The minimum atomic E-state index is -0.417. The van der Waals surface area contributed by atoms with Gasteiger partial charge in [0.05, 0.1) is 132 Å². The lowest BCUT2D eigenvalue weighted by molar-refractivity contribution is -0.0322. The van der Waals surface area contributed by atoms with E-state index < -0.39 is 6.10 Å². The Labute approximate surface area is 211 Å². The number of aliphatic hydroxyl groups excluding tert-OH is 2. The van der Waals surface area contributed by atoms with E-state index in [0.717, 1.165) is 6.42 Å². The molecule has 212 valence electrons. The van der Waals surface area contributed by atoms with E-state index >= 15 is 0 Å². The largest absolute Gasteiger partial charge is 0.394 e. The van der Waals surface area contributed by atoms with Crippen LogP contribution in [-0.2, 0) is 42.6 Å². The van der Waals surface area contributed by atoms with Crippen molar-refractivity contribution in [2.24, 2.45) is 5.92 Å². The van der Waals surface area contributed by atoms with Crippen molar-refractivity contribution in [2.45, 2.75) is 26.4 Å². The highest BCUT2D eigenvalue weighted by Crippen LogP contribution is 2.07. The van der Waals surface area contributed by atoms with Crippen LogP contribution < -0.4 is 0 Å². The lowest BCUT2D eigenvalue weighted by atomic mass is 10.0. The first-order valence-electron chi connectivity index (χ1n) is 12.7. The average Bonchev–Trinajstić information content (AvgIpc) is 2.87. The second-order valence-corrected chi connectivity index (χ2v) is 7.65. The Hall–Kier alpha value is -0.440. The molecule has 2 N–H and O–H groups in total. The summed E-state index contributed by atoms with van der Waals surface area (Å²) >= 11 is 0. The first kappa shape index (κ1) is 34.6. The molecular weight excluding hydrogens is 464 g/mol. The summed E-state index contributed by atoms with van der Waals surface area (Å²) in [6, 6.07) is 0. The van der Waals surface area contributed by atoms with Gasteiger partial charge in [-0.15, -0.1) is 0 Å². The van der Waals surface area contributed by atoms with Crippen molar-refractivity contribution in [3.8, 4) is 0 Å². The molecule has 0 aliphatic heterocycles. The molecular formula is C24H50O11. The second-order valence-electron chi connectivity index (χ2n) is 7.65. The molecule has 11 nitrogen and oxygen atoms in total. The quantitative estimate of drug-likeness (QED) is 0.131. The van der Waals surface area contributed by atoms with Gasteiger partial charge in [0.1, 0.15) is 0 Å². The maximum atomic E-state index is 9.79. The van der Waals surface area contributed by atoms with Crippen LogP contribution in [0.4, 0.5) is 0 Å². The Kier molecular flexibility index (Phi) is 29.4. The number of ether oxygens (including phenoxy) is 9. The van der Waals surface area contributed by atoms with E-state index in [1.807, 2.05) is 6.92 Å². The van der Waals surface area contributed by atoms with Crippen LogP contribution in [0, 0.1) is 5.92 Å². The van der Waals surface area contributed by atoms with Crippen molar-refractivity contribution in [2.75, 3.05) is 126 Å². The van der Waals surface area contributed by atoms with Crippen molar-refractivity contribution in [1.29, 1.82) is 0 Å². The molecule has 0 aromatic rings. The van der Waals surface area contributed by atoms with Gasteiger partial charge < -0.3 is 52.8 Å². The molecule has 0 radical (unpaired) electrons. The minimum Gasteiger partial charge on any atom is -0.394 e. The van der Waals surface area contributed by atoms with E-state index in [-0.39, 0.29) is 12.5 Å². The fraction of sp³-hybridized carbons (Fsp3) is 1.00. The van der Waals surface area contributed by atoms with Gasteiger partial charge in [-0.1, -0.05) is 20.3 Å². The molecule has 35 heavy (non-hydrogen) atoms. The normalized spacial score (nSPS) is 13.4. The van der Waals surface area contributed by atoms with Gasteiger partial charge in [0.2, 0.25) is 0 Å². The Morgan fingerprint density at radius 1 is 0.457 bits per heavy atom. The third-order valence-corrected chi connectivity index (χ3v) is 4.80. The van der Waals surface area contributed by atoms with Crippen LogP contribution >= 0.6 is 0 Å². The highest BCUT2D eigenvalue weighted by molar-refractivity contribution is 4.61. The third-order valence-electron chi connectivity index (χ3n) is 4.80. The molecule has 0 bridgehead atoms. The lowest BCUT2D eigenvalue weighted by Gasteiger charge is -2.16. The molecule has 2 unspecified atom stereocenters. The summed E-state index contributed by atoms with van der Waals surface area (Å²) in [6.07, 6.45) is 0.518. The summed E-state index contributed by atoms with van der Waals surface area (Å²) in [5, 5.41) is 18.3. The fourth-order valence-electron chi connectivity index (χ4n) is 2.46. The van der Waals surface area contributed by atoms with Crippen LogP contribution in [0.5, 0.6) is 0 Å². The van der Waals surface area contributed by atoms with Gasteiger partial charge in [-0.05, 0) is 5.92 Å². The van der Waals surface area contributed by atoms with Crippen LogP contribution in [-0.4, -0.2) is 142 Å². The lowest BCUT2D eigenvalue weighted by Crippen LogP contribution is -2.24. The molecule has 0 saturated carbocycles. The van der Waals surface area contributed by atoms with Gasteiger partial charge >= 0.3 is 0 Å². The molecule has 0 aliphatic rings. The molecule has 0 amide bonds. The van der Waals surface area contributed by atoms with Gasteiger partial charge in [-0.3, -0.25) is 0 Å². The van der Waals surface area contributed by atoms with Crippen molar-refractivity contribution < 1.29 is 52.8 Å². The molecule has 11 heteroatoms. The number of hydrogen-bond donors (Lipinski definition) is 2. The molecule has 0 aromatic heterocycles. The monoisotopic (exact) mass is 514 g/mol. The first-order chi connectivity index (χ1) is 17.2. The van der Waals surface area contributed by atoms with Crippen LogP contribution in [0.2, 0.25) is 0 Å². The van der Waals surface area contributed by atoms with E-state index in [1.165, 1.54) is 0 Å². The van der Waals surface area contributed by atoms with E-state index in [4.69, 9.17) is 47.7 Å². The van der Waals surface area contributed by atoms with Crippen LogP contribution in [0.15, 0.2) is 0 Å². The molecule has 0 aliphatic carbocycles. The predicted octanol–water partition coefficient (Wildman–Crippen LogP) is 0.535. The van der Waals surface area contributed by atoms with Gasteiger partial charge in [0.15, 0.2) is 0 Å². The van der Waals surface area contributed by atoms with Crippen LogP contribution in [0.1, 0.15) is 20.3 Å². The predicted molar refractivity (Wildman–Crippen MR) is 130 cm³/mol. The molecule has 0 saturated heterocycles. The van der Waals surface area contributed by atoms with Gasteiger partial charge in [-0.25, -0.2) is 0 Å². The highest BCUT2D eigenvalue weighted by Gasteiger charge is 2.11. The Morgan fingerprint density at radius 2 is 0.714 bits per heavy atom. The molecule has 0 rings (SSSR count). The Balaban J connectivity index is 3.07. The highest BCUT2D eigenvalue weighted by atomic mass is 16.6. The van der Waals surface area contributed by atoms with Crippen molar-refractivity contribution >= 4 is 0 Å². The zero-order chi connectivity index (χ0) is 25.7. The molecule has 0 spiro atoms. The SMILES string of the molecule is CCC(C)C(O)COCCOCCOCCOCCOCCOCCOCCOCCOCCO. The first-order valence-corrected chi connectivity index (χ1v) is 12.7.